The highest BCUT2D eigenvalue weighted by Crippen LogP contribution is 2.28. The number of hydrogen-bond acceptors (Lipinski definition) is 13. The molecule has 0 spiro atoms. The molecule has 2 aliphatic heterocycles. The van der Waals surface area contributed by atoms with E-state index >= 15 is 0 Å². The lowest BCUT2D eigenvalue weighted by molar-refractivity contribution is 0.188. The van der Waals surface area contributed by atoms with Gasteiger partial charge in [-0.05, 0) is 44.7 Å². The van der Waals surface area contributed by atoms with Crippen molar-refractivity contribution in [3.63, 3.8) is 0 Å². The maximum atomic E-state index is 9.51. The number of likely N-dealkylation sites (N-methyl/N-ethyl adjacent to an activating group) is 1. The summed E-state index contributed by atoms with van der Waals surface area (Å²) in [6.45, 7) is 10.4. The molecule has 4 aromatic heterocycles. The van der Waals surface area contributed by atoms with Crippen LogP contribution < -0.4 is 19.6 Å². The molecule has 2 fully saturated rings. The van der Waals surface area contributed by atoms with Crippen molar-refractivity contribution in [2.24, 2.45) is 0 Å². The second-order valence-corrected chi connectivity index (χ2v) is 15.5. The molecule has 1 N–H and O–H groups in total. The van der Waals surface area contributed by atoms with Gasteiger partial charge in [0, 0.05) is 114 Å². The van der Waals surface area contributed by atoms with Gasteiger partial charge in [0.2, 0.25) is 0 Å². The zero-order valence-corrected chi connectivity index (χ0v) is 33.7. The minimum atomic E-state index is 0.184. The number of β-amino-alcohol motifs (C(OH)–C–C–N with tert-alkyl or cyclic N) is 1. The van der Waals surface area contributed by atoms with Gasteiger partial charge in [-0.25, -0.2) is 19.9 Å². The first-order chi connectivity index (χ1) is 27.8. The van der Waals surface area contributed by atoms with Crippen LogP contribution in [0.4, 0.5) is 23.0 Å². The van der Waals surface area contributed by atoms with Crippen molar-refractivity contribution >= 4 is 44.8 Å². The summed E-state index contributed by atoms with van der Waals surface area (Å²) in [5, 5.41) is 11.8. The Balaban J connectivity index is 0.986. The Morgan fingerprint density at radius 3 is 1.89 bits per heavy atom. The molecule has 0 radical (unpaired) electrons. The van der Waals surface area contributed by atoms with Crippen LogP contribution in [0.25, 0.3) is 21.8 Å². The third kappa shape index (κ3) is 8.90. The van der Waals surface area contributed by atoms with Gasteiger partial charge in [-0.15, -0.1) is 0 Å². The van der Waals surface area contributed by atoms with Crippen molar-refractivity contribution in [2.45, 2.75) is 38.9 Å². The van der Waals surface area contributed by atoms with Gasteiger partial charge in [0.15, 0.2) is 0 Å². The van der Waals surface area contributed by atoms with Crippen LogP contribution in [0.15, 0.2) is 85.2 Å². The van der Waals surface area contributed by atoms with E-state index < -0.39 is 0 Å². The molecule has 0 amide bonds. The van der Waals surface area contributed by atoms with Crippen LogP contribution in [0.2, 0.25) is 0 Å². The van der Waals surface area contributed by atoms with Crippen molar-refractivity contribution in [2.75, 3.05) is 99.7 Å². The lowest BCUT2D eigenvalue weighted by Gasteiger charge is -2.40. The summed E-state index contributed by atoms with van der Waals surface area (Å²) in [5.41, 5.74) is 6.13. The first-order valence-electron chi connectivity index (χ1n) is 20.2. The van der Waals surface area contributed by atoms with Crippen LogP contribution >= 0.6 is 0 Å². The predicted molar refractivity (Wildman–Crippen MR) is 229 cm³/mol. The third-order valence-electron chi connectivity index (χ3n) is 11.4. The monoisotopic (exact) mass is 766 g/mol. The molecule has 8 rings (SSSR count). The summed E-state index contributed by atoms with van der Waals surface area (Å²) in [6, 6.07) is 25.4. The van der Waals surface area contributed by atoms with Crippen LogP contribution in [-0.2, 0) is 19.5 Å². The third-order valence-corrected chi connectivity index (χ3v) is 11.4. The number of aliphatic hydroxyl groups is 1. The Hall–Kier alpha value is -5.50. The number of aromatic nitrogens is 6. The van der Waals surface area contributed by atoms with Gasteiger partial charge in [0.1, 0.15) is 23.3 Å². The molecule has 6 heterocycles. The fourth-order valence-electron chi connectivity index (χ4n) is 8.30. The van der Waals surface area contributed by atoms with Gasteiger partial charge in [-0.3, -0.25) is 19.8 Å². The van der Waals surface area contributed by atoms with Crippen molar-refractivity contribution in [3.05, 3.63) is 108 Å². The van der Waals surface area contributed by atoms with E-state index in [0.29, 0.717) is 25.7 Å². The van der Waals surface area contributed by atoms with Crippen LogP contribution in [0.3, 0.4) is 0 Å². The Kier molecular flexibility index (Phi) is 11.7. The van der Waals surface area contributed by atoms with E-state index in [1.54, 1.807) is 0 Å². The van der Waals surface area contributed by atoms with Crippen LogP contribution in [0.5, 0.6) is 0 Å². The normalized spacial score (nSPS) is 16.8. The molecule has 2 aliphatic rings. The number of piperazine rings is 2. The molecule has 13 heteroatoms. The zero-order valence-electron chi connectivity index (χ0n) is 33.7. The molecule has 0 saturated carbocycles. The standard InChI is InChI=1S/C44H54N12O/c1-32-47-35(29-52(3)38-13-5-9-33-11-7-17-45-43(33)38)27-41(48-32)56-22-19-51(2)37(31-56)15-16-40-49-36(28-42(50-40)55-23-20-54(21-24-55)25-26-57)30-53(4)39-14-6-10-34-12-8-18-46-44(34)39/h5-14,17-18,27-28,37,57H,15-16,19-26,29-31H2,1-4H3/t37-/m0/s1. The first-order valence-corrected chi connectivity index (χ1v) is 20.2. The minimum Gasteiger partial charge on any atom is -0.395 e. The van der Waals surface area contributed by atoms with Gasteiger partial charge >= 0.3 is 0 Å². The fraction of sp³-hybridized carbons (Fsp3) is 0.409. The summed E-state index contributed by atoms with van der Waals surface area (Å²) in [4.78, 5) is 43.6. The Labute approximate surface area is 335 Å². The van der Waals surface area contributed by atoms with Gasteiger partial charge in [-0.2, -0.15) is 0 Å². The molecular formula is C44H54N12O. The molecule has 296 valence electrons. The first kappa shape index (κ1) is 38.4. The molecule has 0 bridgehead atoms. The molecule has 13 nitrogen and oxygen atoms in total. The van der Waals surface area contributed by atoms with Crippen molar-refractivity contribution in [1.82, 2.24) is 39.7 Å². The van der Waals surface area contributed by atoms with Crippen LogP contribution in [-0.4, -0.2) is 131 Å². The van der Waals surface area contributed by atoms with E-state index in [-0.39, 0.29) is 6.61 Å². The largest absolute Gasteiger partial charge is 0.395 e. The topological polar surface area (TPSA) is 117 Å². The van der Waals surface area contributed by atoms with E-state index in [1.165, 1.54) is 0 Å². The quantitative estimate of drug-likeness (QED) is 0.174. The van der Waals surface area contributed by atoms with Gasteiger partial charge < -0.3 is 24.7 Å². The predicted octanol–water partition coefficient (Wildman–Crippen LogP) is 4.81. The number of benzene rings is 2. The van der Waals surface area contributed by atoms with E-state index in [4.69, 9.17) is 24.9 Å². The van der Waals surface area contributed by atoms with E-state index in [0.717, 1.165) is 127 Å². The SMILES string of the molecule is Cc1nc(CN(C)c2cccc3cccnc23)cc(N2CCN(C)[C@@H](CCc3nc(CN(C)c4cccc5cccnc45)cc(N4CCN(CCO)CC4)n3)C2)n1. The molecule has 57 heavy (non-hydrogen) atoms. The molecule has 6 aromatic rings. The molecule has 2 saturated heterocycles. The van der Waals surface area contributed by atoms with Gasteiger partial charge in [0.25, 0.3) is 0 Å². The number of nitrogens with zero attached hydrogens (tertiary/aromatic N) is 12. The average molecular weight is 767 g/mol. The summed E-state index contributed by atoms with van der Waals surface area (Å²) in [6.07, 6.45) is 5.41. The Morgan fingerprint density at radius 1 is 0.684 bits per heavy atom. The van der Waals surface area contributed by atoms with Gasteiger partial charge in [0.05, 0.1) is 53.5 Å². The minimum absolute atomic E-state index is 0.184. The number of anilines is 4. The smallest absolute Gasteiger partial charge is 0.132 e. The van der Waals surface area contributed by atoms with Crippen LogP contribution in [0, 0.1) is 6.92 Å². The van der Waals surface area contributed by atoms with E-state index in [1.807, 2.05) is 31.5 Å². The fourth-order valence-corrected chi connectivity index (χ4v) is 8.30. The van der Waals surface area contributed by atoms with Crippen molar-refractivity contribution in [1.29, 1.82) is 0 Å². The maximum Gasteiger partial charge on any atom is 0.132 e. The highest BCUT2D eigenvalue weighted by atomic mass is 16.3. The van der Waals surface area contributed by atoms with E-state index in [9.17, 15) is 5.11 Å². The number of fused-ring (bicyclic) bond motifs is 2. The number of hydrogen-bond donors (Lipinski definition) is 1. The van der Waals surface area contributed by atoms with Crippen LogP contribution in [0.1, 0.15) is 29.5 Å². The average Bonchev–Trinajstić information content (AvgIpc) is 3.23. The zero-order chi connectivity index (χ0) is 39.3. The molecular weight excluding hydrogens is 713 g/mol. The molecule has 0 aliphatic carbocycles. The Morgan fingerprint density at radius 2 is 1.26 bits per heavy atom. The molecule has 0 unspecified atom stereocenters. The summed E-state index contributed by atoms with van der Waals surface area (Å²) in [7, 11) is 6.45. The molecule has 1 atom stereocenters. The van der Waals surface area contributed by atoms with E-state index in [2.05, 4.69) is 116 Å². The Bertz CT molecular complexity index is 2290. The number of aryl methyl sites for hydroxylation is 2. The summed E-state index contributed by atoms with van der Waals surface area (Å²) in [5.74, 6) is 3.62. The summed E-state index contributed by atoms with van der Waals surface area (Å²) >= 11 is 0. The lowest BCUT2D eigenvalue weighted by atomic mass is 10.1. The van der Waals surface area contributed by atoms with Gasteiger partial charge in [-0.1, -0.05) is 36.4 Å². The van der Waals surface area contributed by atoms with Crippen molar-refractivity contribution < 1.29 is 5.11 Å². The maximum absolute atomic E-state index is 9.51. The second kappa shape index (κ2) is 17.3. The number of pyridine rings is 2. The second-order valence-electron chi connectivity index (χ2n) is 15.5. The highest BCUT2D eigenvalue weighted by Gasteiger charge is 2.27. The number of rotatable bonds is 13. The lowest BCUT2D eigenvalue weighted by Crippen LogP contribution is -2.52. The van der Waals surface area contributed by atoms with Crippen molar-refractivity contribution in [3.8, 4) is 0 Å². The number of aliphatic hydroxyl groups excluding tert-OH is 1. The highest BCUT2D eigenvalue weighted by molar-refractivity contribution is 5.91. The summed E-state index contributed by atoms with van der Waals surface area (Å²) < 4.78 is 0. The molecule has 2 aromatic carbocycles. The number of para-hydroxylation sites is 2.